The Labute approximate surface area is 321 Å². The maximum Gasteiger partial charge on any atom is 0.344 e. The number of hydrogen-bond acceptors (Lipinski definition) is 12. The molecule has 0 aromatic heterocycles. The fraction of sp³-hybridized carbons (Fsp3) is 0.784. The molecule has 0 spiro atoms. The second kappa shape index (κ2) is 36.0. The fourth-order valence-electron chi connectivity index (χ4n) is 4.74. The molecule has 0 aromatic carbocycles. The van der Waals surface area contributed by atoms with Gasteiger partial charge < -0.3 is 24.3 Å². The van der Waals surface area contributed by atoms with Crippen molar-refractivity contribution in [2.75, 3.05) is 30.8 Å². The minimum atomic E-state index is -1.05. The summed E-state index contributed by atoms with van der Waals surface area (Å²) in [5.41, 5.74) is 0. The molecule has 14 heteroatoms. The van der Waals surface area contributed by atoms with Crippen molar-refractivity contribution in [3.8, 4) is 0 Å². The number of alkyl halides is 1. The molecule has 1 N–H and O–H groups in total. The van der Waals surface area contributed by atoms with E-state index >= 15 is 0 Å². The lowest BCUT2D eigenvalue weighted by Crippen LogP contribution is -2.32. The van der Waals surface area contributed by atoms with Crippen LogP contribution in [0, 0.1) is 0 Å². The van der Waals surface area contributed by atoms with Crippen LogP contribution in [0.3, 0.4) is 0 Å². The third-order valence-electron chi connectivity index (χ3n) is 7.71. The number of halogens is 1. The molecule has 1 unspecified atom stereocenters. The SMILES string of the molecule is CCCCCCCC/C=C/CCCCCCCC(=O)OCC(=O)OCC(COC(=O)CCC(=O)NCCCCCC(=O)CI=NS)OC(=O)CC. The minimum Gasteiger partial charge on any atom is -0.462 e. The molecule has 0 bridgehead atoms. The molecule has 51 heavy (non-hydrogen) atoms. The number of nitrogens with zero attached hydrogens (tertiary/aromatic N) is 1. The lowest BCUT2D eigenvalue weighted by Gasteiger charge is -2.18. The van der Waals surface area contributed by atoms with Gasteiger partial charge in [-0.25, -0.2) is 4.79 Å². The smallest absolute Gasteiger partial charge is 0.344 e. The van der Waals surface area contributed by atoms with Crippen LogP contribution in [0.25, 0.3) is 0 Å². The molecule has 0 rings (SSSR count). The van der Waals surface area contributed by atoms with E-state index in [1.54, 1.807) is 6.92 Å². The van der Waals surface area contributed by atoms with Crippen molar-refractivity contribution in [2.45, 2.75) is 155 Å². The predicted molar refractivity (Wildman–Crippen MR) is 209 cm³/mol. The molecule has 1 amide bonds. The van der Waals surface area contributed by atoms with E-state index in [1.807, 2.05) is 0 Å². The van der Waals surface area contributed by atoms with Crippen LogP contribution in [0.5, 0.6) is 0 Å². The summed E-state index contributed by atoms with van der Waals surface area (Å²) in [5.74, 6) is -2.66. The average molecular weight is 855 g/mol. The summed E-state index contributed by atoms with van der Waals surface area (Å²) in [6.45, 7) is 2.94. The Balaban J connectivity index is 4.05. The first-order valence-corrected chi connectivity index (χ1v) is 21.6. The number of unbranched alkanes of at least 4 members (excludes halogenated alkanes) is 13. The van der Waals surface area contributed by atoms with E-state index < -0.39 is 57.6 Å². The quantitative estimate of drug-likeness (QED) is 0.0123. The van der Waals surface area contributed by atoms with E-state index in [1.165, 1.54) is 38.5 Å². The van der Waals surface area contributed by atoms with Crippen LogP contribution in [0.15, 0.2) is 14.7 Å². The Kier molecular flexibility index (Phi) is 34.4. The van der Waals surface area contributed by atoms with E-state index in [0.717, 1.165) is 57.8 Å². The molecule has 0 heterocycles. The molecule has 0 saturated carbocycles. The van der Waals surface area contributed by atoms with Gasteiger partial charge in [-0.15, -0.1) is 0 Å². The molecule has 0 aliphatic rings. The van der Waals surface area contributed by atoms with E-state index in [9.17, 15) is 28.8 Å². The van der Waals surface area contributed by atoms with Gasteiger partial charge in [-0.2, -0.15) is 2.55 Å². The summed E-state index contributed by atoms with van der Waals surface area (Å²) < 4.78 is 24.6. The first-order valence-electron chi connectivity index (χ1n) is 18.7. The Morgan fingerprint density at radius 1 is 0.647 bits per heavy atom. The average Bonchev–Trinajstić information content (AvgIpc) is 3.12. The Hall–Kier alpha value is -2.36. The number of rotatable bonds is 34. The van der Waals surface area contributed by atoms with E-state index in [-0.39, 0.29) is 50.6 Å². The molecule has 0 aliphatic heterocycles. The van der Waals surface area contributed by atoms with Crippen LogP contribution >= 0.6 is 33.8 Å². The van der Waals surface area contributed by atoms with E-state index in [0.29, 0.717) is 23.8 Å². The molecular weight excluding hydrogens is 791 g/mol. The van der Waals surface area contributed by atoms with Crippen LogP contribution < -0.4 is 5.32 Å². The summed E-state index contributed by atoms with van der Waals surface area (Å²) in [4.78, 5) is 71.8. The van der Waals surface area contributed by atoms with Crippen molar-refractivity contribution < 1.29 is 47.7 Å². The second-order valence-corrected chi connectivity index (χ2v) is 15.2. The summed E-state index contributed by atoms with van der Waals surface area (Å²) >= 11 is 3.27. The van der Waals surface area contributed by atoms with Crippen molar-refractivity contribution in [1.82, 2.24) is 5.32 Å². The van der Waals surface area contributed by atoms with Crippen LogP contribution in [0.4, 0.5) is 0 Å². The van der Waals surface area contributed by atoms with Crippen molar-refractivity contribution in [3.05, 3.63) is 12.2 Å². The number of allylic oxidation sites excluding steroid dienone is 2. The van der Waals surface area contributed by atoms with Crippen molar-refractivity contribution in [2.24, 2.45) is 2.55 Å². The number of amides is 1. The number of hydrogen-bond donors (Lipinski definition) is 2. The lowest BCUT2D eigenvalue weighted by molar-refractivity contribution is -0.170. The van der Waals surface area contributed by atoms with Gasteiger partial charge in [0.15, 0.2) is 12.7 Å². The monoisotopic (exact) mass is 854 g/mol. The van der Waals surface area contributed by atoms with Crippen LogP contribution in [-0.2, 0) is 47.7 Å². The predicted octanol–water partition coefficient (Wildman–Crippen LogP) is 8.00. The number of ketones is 1. The highest BCUT2D eigenvalue weighted by molar-refractivity contribution is 14.2. The van der Waals surface area contributed by atoms with Gasteiger partial charge in [-0.3, -0.25) is 24.0 Å². The highest BCUT2D eigenvalue weighted by atomic mass is 127. The van der Waals surface area contributed by atoms with Gasteiger partial charge in [0.2, 0.25) is 5.91 Å². The number of esters is 4. The molecule has 0 aromatic rings. The van der Waals surface area contributed by atoms with Gasteiger partial charge in [0.1, 0.15) is 19.0 Å². The molecular formula is C37H63IN2O10S. The fourth-order valence-corrected chi connectivity index (χ4v) is 6.01. The molecule has 0 radical (unpaired) electrons. The van der Waals surface area contributed by atoms with Crippen molar-refractivity contribution in [3.63, 3.8) is 0 Å². The van der Waals surface area contributed by atoms with Crippen molar-refractivity contribution in [1.29, 1.82) is 0 Å². The molecule has 0 saturated heterocycles. The van der Waals surface area contributed by atoms with Crippen LogP contribution in [0.2, 0.25) is 0 Å². The van der Waals surface area contributed by atoms with Gasteiger partial charge in [-0.05, 0) is 57.8 Å². The first-order chi connectivity index (χ1) is 24.7. The molecule has 0 fully saturated rings. The summed E-state index contributed by atoms with van der Waals surface area (Å²) in [5, 5.41) is 2.73. The van der Waals surface area contributed by atoms with Crippen molar-refractivity contribution >= 4 is 69.4 Å². The number of carbonyl (C=O) groups excluding carboxylic acids is 6. The third-order valence-corrected chi connectivity index (χ3v) is 9.93. The maximum absolute atomic E-state index is 12.2. The lowest BCUT2D eigenvalue weighted by atomic mass is 10.1. The Bertz CT molecular complexity index is 1040. The molecule has 1 atom stereocenters. The topological polar surface area (TPSA) is 164 Å². The summed E-state index contributed by atoms with van der Waals surface area (Å²) in [7, 11) is 0. The highest BCUT2D eigenvalue weighted by Gasteiger charge is 2.20. The molecule has 294 valence electrons. The van der Waals surface area contributed by atoms with Gasteiger partial charge >= 0.3 is 23.9 Å². The zero-order chi connectivity index (χ0) is 37.8. The number of Topliss-reactive ketones (excluding diaryl/α,β-unsaturated/α-hetero) is 1. The molecule has 0 aliphatic carbocycles. The Morgan fingerprint density at radius 2 is 1.22 bits per heavy atom. The van der Waals surface area contributed by atoms with Crippen LogP contribution in [-0.4, -0.2) is 72.5 Å². The summed E-state index contributed by atoms with van der Waals surface area (Å²) in [6, 6.07) is 0. The third kappa shape index (κ3) is 34.5. The maximum atomic E-state index is 12.2. The van der Waals surface area contributed by atoms with Crippen LogP contribution in [0.1, 0.15) is 149 Å². The largest absolute Gasteiger partial charge is 0.462 e. The number of nitrogens with one attached hydrogen (secondary N) is 1. The van der Waals surface area contributed by atoms with Gasteiger partial charge in [0.05, 0.1) is 10.8 Å². The summed E-state index contributed by atoms with van der Waals surface area (Å²) in [6.07, 6.45) is 21.4. The van der Waals surface area contributed by atoms with E-state index in [4.69, 9.17) is 18.9 Å². The van der Waals surface area contributed by atoms with E-state index in [2.05, 4.69) is 39.8 Å². The zero-order valence-electron chi connectivity index (χ0n) is 31.0. The number of carbonyl (C=O) groups is 6. The molecule has 12 nitrogen and oxygen atoms in total. The zero-order valence-corrected chi connectivity index (χ0v) is 34.0. The van der Waals surface area contributed by atoms with Gasteiger partial charge in [0, 0.05) is 53.3 Å². The van der Waals surface area contributed by atoms with Gasteiger partial charge in [-0.1, -0.05) is 83.8 Å². The number of thiol groups is 1. The van der Waals surface area contributed by atoms with Gasteiger partial charge in [0.25, 0.3) is 0 Å². The Morgan fingerprint density at radius 3 is 1.86 bits per heavy atom. The minimum absolute atomic E-state index is 0.0658. The number of ether oxygens (including phenoxy) is 4. The first kappa shape index (κ1) is 48.6. The standard InChI is InChI=1S/C37H63IN2O10S/c1-3-5-6-7-8-9-10-11-12-13-14-15-16-17-20-23-35(44)49-30-37(46)48-29-32(50-34(43)4-2)28-47-36(45)25-24-33(42)39-26-21-18-19-22-31(41)27-38-40-51/h11-12,32,51H,3-10,13-30H2,1-2H3,(H,39,42)/b12-11+. The second-order valence-electron chi connectivity index (χ2n) is 12.4. The normalized spacial score (nSPS) is 11.9. The highest BCUT2D eigenvalue weighted by Crippen LogP contribution is 2.11.